The second kappa shape index (κ2) is 6.28. The molecule has 0 amide bonds. The van der Waals surface area contributed by atoms with E-state index in [-0.39, 0.29) is 17.0 Å². The van der Waals surface area contributed by atoms with E-state index in [1.807, 2.05) is 28.9 Å². The van der Waals surface area contributed by atoms with E-state index in [0.29, 0.717) is 5.92 Å². The molecule has 0 saturated heterocycles. The maximum atomic E-state index is 5.91. The Hall–Kier alpha value is -0.850. The van der Waals surface area contributed by atoms with Gasteiger partial charge in [0.1, 0.15) is 0 Å². The lowest BCUT2D eigenvalue weighted by Gasteiger charge is -2.14. The highest BCUT2D eigenvalue weighted by molar-refractivity contribution is 8.93. The van der Waals surface area contributed by atoms with Crippen molar-refractivity contribution in [1.82, 2.24) is 14.9 Å². The smallest absolute Gasteiger partial charge is 0.191 e. The fourth-order valence-corrected chi connectivity index (χ4v) is 2.86. The van der Waals surface area contributed by atoms with Crippen LogP contribution in [0.15, 0.2) is 34.5 Å². The predicted molar refractivity (Wildman–Crippen MR) is 88.5 cm³/mol. The van der Waals surface area contributed by atoms with Gasteiger partial charge in [0.25, 0.3) is 0 Å². The lowest BCUT2D eigenvalue weighted by atomic mass is 10.1. The quantitative estimate of drug-likeness (QED) is 0.799. The number of hydrogen-bond acceptors (Lipinski definition) is 4. The van der Waals surface area contributed by atoms with Gasteiger partial charge in [-0.15, -0.1) is 27.2 Å². The Kier molecular flexibility index (Phi) is 4.88. The van der Waals surface area contributed by atoms with E-state index in [9.17, 15) is 0 Å². The molecule has 0 bridgehead atoms. The number of halogens is 2. The maximum absolute atomic E-state index is 5.91. The first kappa shape index (κ1) is 15.5. The lowest BCUT2D eigenvalue weighted by Crippen LogP contribution is -2.15. The van der Waals surface area contributed by atoms with Crippen molar-refractivity contribution in [2.45, 2.75) is 24.9 Å². The molecule has 0 N–H and O–H groups in total. The molecule has 2 heterocycles. The van der Waals surface area contributed by atoms with Crippen LogP contribution >= 0.6 is 40.3 Å². The molecule has 0 atom stereocenters. The Morgan fingerprint density at radius 1 is 1.20 bits per heavy atom. The van der Waals surface area contributed by atoms with Crippen molar-refractivity contribution >= 4 is 46.1 Å². The summed E-state index contributed by atoms with van der Waals surface area (Å²) in [6.07, 6.45) is 0. The first-order valence-corrected chi connectivity index (χ1v) is 7.43. The topological polar surface area (TPSA) is 43.1 Å². The van der Waals surface area contributed by atoms with Gasteiger partial charge in [-0.05, 0) is 17.7 Å². The minimum atomic E-state index is 0. The summed E-state index contributed by atoms with van der Waals surface area (Å²) in [6, 6.07) is 7.75. The van der Waals surface area contributed by atoms with Gasteiger partial charge >= 0.3 is 0 Å². The van der Waals surface area contributed by atoms with E-state index in [2.05, 4.69) is 29.1 Å². The first-order valence-electron chi connectivity index (χ1n) is 6.07. The Morgan fingerprint density at radius 3 is 2.55 bits per heavy atom. The van der Waals surface area contributed by atoms with Crippen LogP contribution in [0.4, 0.5) is 0 Å². The van der Waals surface area contributed by atoms with E-state index < -0.39 is 0 Å². The van der Waals surface area contributed by atoms with Crippen LogP contribution in [0.25, 0.3) is 0 Å². The average molecular weight is 374 g/mol. The van der Waals surface area contributed by atoms with Crippen molar-refractivity contribution in [1.29, 1.82) is 0 Å². The third-order valence-electron chi connectivity index (χ3n) is 2.89. The molecule has 2 aromatic rings. The maximum Gasteiger partial charge on any atom is 0.212 e. The molecule has 0 unspecified atom stereocenters. The van der Waals surface area contributed by atoms with Gasteiger partial charge in [0, 0.05) is 16.7 Å². The molecule has 3 rings (SSSR count). The molecule has 0 aliphatic carbocycles. The van der Waals surface area contributed by atoms with Crippen LogP contribution in [0.1, 0.15) is 31.2 Å². The van der Waals surface area contributed by atoms with Crippen LogP contribution in [0.3, 0.4) is 0 Å². The molecule has 0 radical (unpaired) electrons. The third-order valence-corrected chi connectivity index (χ3v) is 4.07. The molecule has 106 valence electrons. The normalized spacial score (nSPS) is 13.7. The molecule has 0 saturated carbocycles. The highest BCUT2D eigenvalue weighted by Gasteiger charge is 2.20. The van der Waals surface area contributed by atoms with Crippen molar-refractivity contribution < 1.29 is 0 Å². The highest BCUT2D eigenvalue weighted by atomic mass is 79.9. The Labute approximate surface area is 137 Å². The number of thioether (sulfide) groups is 1. The standard InChI is InChI=1S/C13H13ClN4S.BrH/c1-8(2)12-15-16-13-18(12)17-11(7-19-13)9-3-5-10(14)6-4-9;/h3-6,8H,7H2,1-2H3;1H. The second-order valence-corrected chi connectivity index (χ2v) is 6.03. The van der Waals surface area contributed by atoms with Crippen molar-refractivity contribution in [2.24, 2.45) is 5.10 Å². The summed E-state index contributed by atoms with van der Waals surface area (Å²) >= 11 is 7.57. The second-order valence-electron chi connectivity index (χ2n) is 4.65. The molecule has 7 heteroatoms. The van der Waals surface area contributed by atoms with Gasteiger partial charge in [0.2, 0.25) is 5.16 Å². The summed E-state index contributed by atoms with van der Waals surface area (Å²) in [5.74, 6) is 2.00. The Balaban J connectivity index is 0.00000147. The molecule has 4 nitrogen and oxygen atoms in total. The van der Waals surface area contributed by atoms with E-state index in [0.717, 1.165) is 33.0 Å². The molecule has 0 fully saturated rings. The molecular formula is C13H14BrClN4S. The number of rotatable bonds is 2. The average Bonchev–Trinajstić information content (AvgIpc) is 2.82. The molecule has 1 aliphatic heterocycles. The molecule has 1 aliphatic rings. The molecular weight excluding hydrogens is 360 g/mol. The van der Waals surface area contributed by atoms with Crippen LogP contribution in [-0.2, 0) is 0 Å². The van der Waals surface area contributed by atoms with Crippen LogP contribution < -0.4 is 0 Å². The zero-order valence-corrected chi connectivity index (χ0v) is 14.4. The number of nitrogens with zero attached hydrogens (tertiary/aromatic N) is 4. The van der Waals surface area contributed by atoms with Gasteiger partial charge in [-0.2, -0.15) is 9.78 Å². The first-order chi connectivity index (χ1) is 9.15. The molecule has 0 spiro atoms. The molecule has 1 aromatic carbocycles. The summed E-state index contributed by atoms with van der Waals surface area (Å²) in [5, 5.41) is 14.6. The minimum absolute atomic E-state index is 0. The Morgan fingerprint density at radius 2 is 1.90 bits per heavy atom. The highest BCUT2D eigenvalue weighted by Crippen LogP contribution is 2.26. The van der Waals surface area contributed by atoms with Crippen LogP contribution in [0.2, 0.25) is 5.02 Å². The SMILES string of the molecule is Br.CC(C)c1nnc2n1N=C(c1ccc(Cl)cc1)CS2. The minimum Gasteiger partial charge on any atom is -0.191 e. The van der Waals surface area contributed by atoms with Crippen molar-refractivity contribution in [2.75, 3.05) is 5.75 Å². The summed E-state index contributed by atoms with van der Waals surface area (Å²) in [4.78, 5) is 0. The predicted octanol–water partition coefficient (Wildman–Crippen LogP) is 3.99. The Bertz CT molecular complexity index is 636. The molecule has 1 aromatic heterocycles. The third kappa shape index (κ3) is 2.92. The van der Waals surface area contributed by atoms with Crippen molar-refractivity contribution in [3.8, 4) is 0 Å². The van der Waals surface area contributed by atoms with Crippen molar-refractivity contribution in [3.05, 3.63) is 40.7 Å². The lowest BCUT2D eigenvalue weighted by molar-refractivity contribution is 0.662. The summed E-state index contributed by atoms with van der Waals surface area (Å²) in [6.45, 7) is 4.18. The van der Waals surface area contributed by atoms with Crippen LogP contribution in [-0.4, -0.2) is 26.3 Å². The van der Waals surface area contributed by atoms with E-state index in [1.54, 1.807) is 11.8 Å². The fraction of sp³-hybridized carbons (Fsp3) is 0.308. The summed E-state index contributed by atoms with van der Waals surface area (Å²) in [7, 11) is 0. The van der Waals surface area contributed by atoms with Crippen LogP contribution in [0, 0.1) is 0 Å². The monoisotopic (exact) mass is 372 g/mol. The summed E-state index contributed by atoms with van der Waals surface area (Å²) in [5.41, 5.74) is 2.11. The van der Waals surface area contributed by atoms with E-state index in [1.165, 1.54) is 0 Å². The van der Waals surface area contributed by atoms with Gasteiger partial charge in [0.15, 0.2) is 5.82 Å². The van der Waals surface area contributed by atoms with E-state index >= 15 is 0 Å². The van der Waals surface area contributed by atoms with Gasteiger partial charge in [-0.1, -0.05) is 49.3 Å². The zero-order chi connectivity index (χ0) is 13.4. The van der Waals surface area contributed by atoms with E-state index in [4.69, 9.17) is 11.6 Å². The number of hydrogen-bond donors (Lipinski definition) is 0. The van der Waals surface area contributed by atoms with Crippen molar-refractivity contribution in [3.63, 3.8) is 0 Å². The molecule has 20 heavy (non-hydrogen) atoms. The number of aromatic nitrogens is 3. The van der Waals surface area contributed by atoms with Gasteiger partial charge in [-0.3, -0.25) is 0 Å². The number of benzene rings is 1. The van der Waals surface area contributed by atoms with Crippen LogP contribution in [0.5, 0.6) is 0 Å². The van der Waals surface area contributed by atoms with Gasteiger partial charge < -0.3 is 0 Å². The summed E-state index contributed by atoms with van der Waals surface area (Å²) < 4.78 is 1.85. The zero-order valence-electron chi connectivity index (χ0n) is 11.1. The van der Waals surface area contributed by atoms with Gasteiger partial charge in [-0.25, -0.2) is 0 Å². The fourth-order valence-electron chi connectivity index (χ4n) is 1.89. The number of fused-ring (bicyclic) bond motifs is 1. The largest absolute Gasteiger partial charge is 0.212 e. The van der Waals surface area contributed by atoms with Gasteiger partial charge in [0.05, 0.1) is 5.71 Å².